The van der Waals surface area contributed by atoms with Crippen LogP contribution < -0.4 is 4.89 Å². The second kappa shape index (κ2) is 45.3. The number of allylic oxidation sites excluding steroid dienone is 6. The van der Waals surface area contributed by atoms with Gasteiger partial charge in [-0.2, -0.15) is 0 Å². The van der Waals surface area contributed by atoms with Gasteiger partial charge in [-0.05, 0) is 70.6 Å². The average Bonchev–Trinajstić information content (AvgIpc) is 3.22. The van der Waals surface area contributed by atoms with E-state index < -0.39 is 13.9 Å². The third-order valence-corrected chi connectivity index (χ3v) is 12.1. The van der Waals surface area contributed by atoms with Gasteiger partial charge in [0, 0.05) is 13.0 Å². The van der Waals surface area contributed by atoms with Gasteiger partial charge in [0.15, 0.2) is 0 Å². The summed E-state index contributed by atoms with van der Waals surface area (Å²) in [5, 5.41) is 0. The first-order valence-electron chi connectivity index (χ1n) is 25.7. The lowest BCUT2D eigenvalue weighted by Crippen LogP contribution is -2.37. The van der Waals surface area contributed by atoms with Crippen LogP contribution in [0.25, 0.3) is 0 Å². The van der Waals surface area contributed by atoms with Crippen LogP contribution in [0.5, 0.6) is 0 Å². The molecule has 9 heteroatoms. The minimum Gasteiger partial charge on any atom is -0.756 e. The molecule has 2 atom stereocenters. The highest BCUT2D eigenvalue weighted by atomic mass is 31.2. The van der Waals surface area contributed by atoms with Crippen LogP contribution in [0.3, 0.4) is 0 Å². The highest BCUT2D eigenvalue weighted by Crippen LogP contribution is 2.38. The molecule has 8 nitrogen and oxygen atoms in total. The Balaban J connectivity index is 4.08. The first-order valence-corrected chi connectivity index (χ1v) is 27.2. The van der Waals surface area contributed by atoms with Gasteiger partial charge in [-0.1, -0.05) is 192 Å². The van der Waals surface area contributed by atoms with Gasteiger partial charge in [0.05, 0.1) is 34.4 Å². The summed E-state index contributed by atoms with van der Waals surface area (Å²) in [4.78, 5) is 25.2. The summed E-state index contributed by atoms with van der Waals surface area (Å²) in [6, 6.07) is 0. The minimum absolute atomic E-state index is 0.0254. The number of unbranched alkanes of at least 4 members (excludes halogenated alkanes) is 28. The predicted octanol–water partition coefficient (Wildman–Crippen LogP) is 15.1. The van der Waals surface area contributed by atoms with Crippen molar-refractivity contribution in [1.29, 1.82) is 0 Å². The molecule has 0 aliphatic heterocycles. The summed E-state index contributed by atoms with van der Waals surface area (Å²) in [5.41, 5.74) is 0. The zero-order chi connectivity index (χ0) is 44.8. The van der Waals surface area contributed by atoms with Crippen LogP contribution in [0.2, 0.25) is 0 Å². The predicted molar refractivity (Wildman–Crippen MR) is 259 cm³/mol. The second-order valence-corrected chi connectivity index (χ2v) is 19.9. The fraction of sp³-hybridized carbons (Fsp3) is 0.865. The third kappa shape index (κ3) is 49.6. The maximum absolute atomic E-state index is 12.7. The van der Waals surface area contributed by atoms with Gasteiger partial charge in [0.1, 0.15) is 19.3 Å². The molecule has 0 amide bonds. The van der Waals surface area contributed by atoms with Crippen LogP contribution in [-0.4, -0.2) is 70.7 Å². The van der Waals surface area contributed by atoms with Crippen molar-refractivity contribution >= 4 is 13.8 Å². The molecule has 2 unspecified atom stereocenters. The number of carbonyl (C=O) groups is 1. The van der Waals surface area contributed by atoms with Crippen LogP contribution in [0, 0.1) is 0 Å². The van der Waals surface area contributed by atoms with Crippen LogP contribution in [0.15, 0.2) is 36.5 Å². The number of quaternary nitrogens is 1. The minimum atomic E-state index is -4.53. The Kier molecular flexibility index (Phi) is 44.3. The van der Waals surface area contributed by atoms with Gasteiger partial charge < -0.3 is 27.9 Å². The number of esters is 1. The lowest BCUT2D eigenvalue weighted by Gasteiger charge is -2.28. The first-order chi connectivity index (χ1) is 29.6. The quantitative estimate of drug-likeness (QED) is 0.0197. The molecule has 0 saturated carbocycles. The van der Waals surface area contributed by atoms with E-state index in [1.54, 1.807) is 0 Å². The SMILES string of the molecule is CCCCCC/C=C\CCCCCCCCOCC(COP(=O)([O-])OCC[N+](C)(C)C)OC(=O)CCCCCCCCCCCCCCC/C=C\C/C=C\CCCCCCC. The van der Waals surface area contributed by atoms with E-state index in [0.717, 1.165) is 38.5 Å². The fourth-order valence-electron chi connectivity index (χ4n) is 7.16. The molecule has 0 aromatic carbocycles. The molecule has 0 aromatic rings. The summed E-state index contributed by atoms with van der Waals surface area (Å²) in [6.07, 6.45) is 54.5. The standard InChI is InChI=1S/C52H100NO7P/c1-6-8-10-12-14-16-18-20-22-23-24-25-26-27-28-29-30-31-32-33-35-37-39-41-43-45-52(54)60-51(50-59-61(55,56)58-48-46-53(3,4)5)49-57-47-44-42-40-38-36-34-21-19-17-15-13-11-9-7-2/h17-20,23-24,51H,6-16,21-22,25-50H2,1-5H3/b19-17-,20-18-,24-23-. The number of hydrogen-bond donors (Lipinski definition) is 0. The Morgan fingerprint density at radius 2 is 0.902 bits per heavy atom. The van der Waals surface area contributed by atoms with E-state index in [9.17, 15) is 14.3 Å². The molecule has 0 heterocycles. The van der Waals surface area contributed by atoms with E-state index >= 15 is 0 Å². The first kappa shape index (κ1) is 59.7. The Morgan fingerprint density at radius 3 is 1.36 bits per heavy atom. The molecular weight excluding hydrogens is 782 g/mol. The number of carbonyl (C=O) groups excluding carboxylic acids is 1. The van der Waals surface area contributed by atoms with Crippen molar-refractivity contribution < 1.29 is 37.3 Å². The van der Waals surface area contributed by atoms with Gasteiger partial charge in [-0.15, -0.1) is 0 Å². The Bertz CT molecular complexity index is 1070. The van der Waals surface area contributed by atoms with E-state index in [4.69, 9.17) is 18.5 Å². The summed E-state index contributed by atoms with van der Waals surface area (Å²) in [7, 11) is 1.36. The topological polar surface area (TPSA) is 94.1 Å². The number of ether oxygens (including phenoxy) is 2. The van der Waals surface area contributed by atoms with E-state index in [-0.39, 0.29) is 25.8 Å². The van der Waals surface area contributed by atoms with Crippen molar-refractivity contribution in [3.8, 4) is 0 Å². The summed E-state index contributed by atoms with van der Waals surface area (Å²) in [6.45, 7) is 5.40. The van der Waals surface area contributed by atoms with Crippen molar-refractivity contribution in [3.63, 3.8) is 0 Å². The highest BCUT2D eigenvalue weighted by molar-refractivity contribution is 7.45. The van der Waals surface area contributed by atoms with Gasteiger partial charge in [-0.25, -0.2) is 0 Å². The van der Waals surface area contributed by atoms with Crippen molar-refractivity contribution in [3.05, 3.63) is 36.5 Å². The van der Waals surface area contributed by atoms with Gasteiger partial charge in [-0.3, -0.25) is 9.36 Å². The number of phosphoric ester groups is 1. The molecule has 61 heavy (non-hydrogen) atoms. The van der Waals surface area contributed by atoms with Crippen molar-refractivity contribution in [2.75, 3.05) is 54.1 Å². The largest absolute Gasteiger partial charge is 0.756 e. The molecule has 0 aliphatic rings. The van der Waals surface area contributed by atoms with Crippen LogP contribution >= 0.6 is 7.82 Å². The Hall–Kier alpha value is -1.28. The van der Waals surface area contributed by atoms with Gasteiger partial charge >= 0.3 is 5.97 Å². The van der Waals surface area contributed by atoms with Gasteiger partial charge in [0.2, 0.25) is 0 Å². The smallest absolute Gasteiger partial charge is 0.306 e. The molecule has 0 bridgehead atoms. The van der Waals surface area contributed by atoms with Crippen molar-refractivity contribution in [1.82, 2.24) is 0 Å². The Morgan fingerprint density at radius 1 is 0.508 bits per heavy atom. The zero-order valence-corrected chi connectivity index (χ0v) is 41.8. The maximum atomic E-state index is 12.7. The third-order valence-electron chi connectivity index (χ3n) is 11.2. The molecular formula is C52H100NO7P. The molecule has 0 aromatic heterocycles. The molecule has 0 radical (unpaired) electrons. The number of likely N-dealkylation sites (N-methyl/N-ethyl adjacent to an activating group) is 1. The molecule has 0 spiro atoms. The normalized spacial score (nSPS) is 13.9. The summed E-state index contributed by atoms with van der Waals surface area (Å²) < 4.78 is 34.7. The molecule has 0 saturated heterocycles. The molecule has 360 valence electrons. The van der Waals surface area contributed by atoms with Crippen molar-refractivity contribution in [2.45, 2.75) is 238 Å². The molecule has 0 fully saturated rings. The number of hydrogen-bond acceptors (Lipinski definition) is 7. The average molecular weight is 882 g/mol. The van der Waals surface area contributed by atoms with E-state index in [1.165, 1.54) is 173 Å². The summed E-state index contributed by atoms with van der Waals surface area (Å²) in [5.74, 6) is -0.335. The zero-order valence-electron chi connectivity index (χ0n) is 40.9. The molecule has 0 N–H and O–H groups in total. The lowest BCUT2D eigenvalue weighted by molar-refractivity contribution is -0.870. The van der Waals surface area contributed by atoms with Crippen LogP contribution in [-0.2, 0) is 27.9 Å². The van der Waals surface area contributed by atoms with Crippen LogP contribution in [0.1, 0.15) is 232 Å². The number of nitrogens with zero attached hydrogens (tertiary/aromatic N) is 1. The summed E-state index contributed by atoms with van der Waals surface area (Å²) >= 11 is 0. The van der Waals surface area contributed by atoms with E-state index in [1.807, 2.05) is 21.1 Å². The van der Waals surface area contributed by atoms with E-state index in [0.29, 0.717) is 24.1 Å². The lowest BCUT2D eigenvalue weighted by atomic mass is 10.0. The van der Waals surface area contributed by atoms with Crippen molar-refractivity contribution in [2.24, 2.45) is 0 Å². The Labute approximate surface area is 378 Å². The van der Waals surface area contributed by atoms with Crippen LogP contribution in [0.4, 0.5) is 0 Å². The van der Waals surface area contributed by atoms with Gasteiger partial charge in [0.25, 0.3) is 7.82 Å². The maximum Gasteiger partial charge on any atom is 0.306 e. The second-order valence-electron chi connectivity index (χ2n) is 18.5. The highest BCUT2D eigenvalue weighted by Gasteiger charge is 2.20. The monoisotopic (exact) mass is 882 g/mol. The molecule has 0 rings (SSSR count). The molecule has 0 aliphatic carbocycles. The number of rotatable bonds is 48. The fourth-order valence-corrected chi connectivity index (χ4v) is 7.89. The number of phosphoric acid groups is 1. The van der Waals surface area contributed by atoms with E-state index in [2.05, 4.69) is 50.3 Å².